The molecule has 7 heteroatoms. The summed E-state index contributed by atoms with van der Waals surface area (Å²) in [4.78, 5) is 0. The van der Waals surface area contributed by atoms with Gasteiger partial charge in [0.05, 0.1) is 11.1 Å². The molecular weight excluding hydrogens is 574 g/mol. The van der Waals surface area contributed by atoms with E-state index in [0.717, 1.165) is 24.3 Å². The summed E-state index contributed by atoms with van der Waals surface area (Å²) >= 11 is 0. The van der Waals surface area contributed by atoms with Crippen molar-refractivity contribution >= 4 is 28.8 Å². The van der Waals surface area contributed by atoms with Crippen molar-refractivity contribution in [3.8, 4) is 22.3 Å². The van der Waals surface area contributed by atoms with E-state index >= 15 is 8.78 Å². The van der Waals surface area contributed by atoms with Gasteiger partial charge in [-0.3, -0.25) is 0 Å². The maximum absolute atomic E-state index is 15.9. The van der Waals surface area contributed by atoms with Crippen LogP contribution in [-0.4, -0.2) is 8.07 Å². The summed E-state index contributed by atoms with van der Waals surface area (Å²) in [6, 6.07) is 32.4. The van der Waals surface area contributed by atoms with Gasteiger partial charge in [-0.15, -0.1) is 0 Å². The molecule has 0 heterocycles. The van der Waals surface area contributed by atoms with Crippen LogP contribution in [0.15, 0.2) is 133 Å². The molecule has 0 aliphatic heterocycles. The molecule has 0 nitrogen and oxygen atoms in total. The zero-order chi connectivity index (χ0) is 30.1. The molecule has 0 aliphatic carbocycles. The zero-order valence-electron chi connectivity index (χ0n) is 22.5. The van der Waals surface area contributed by atoms with Gasteiger partial charge in [-0.1, -0.05) is 97.1 Å². The van der Waals surface area contributed by atoms with Crippen LogP contribution in [0.3, 0.4) is 0 Å². The summed E-state index contributed by atoms with van der Waals surface area (Å²) in [6.45, 7) is 0. The second kappa shape index (κ2) is 11.4. The average Bonchev–Trinajstić information content (AvgIpc) is 3.00. The molecule has 6 aromatic carbocycles. The normalized spacial score (nSPS) is 11.5. The second-order valence-electron chi connectivity index (χ2n) is 10.1. The fourth-order valence-corrected chi connectivity index (χ4v) is 10.6. The highest BCUT2D eigenvalue weighted by Crippen LogP contribution is 2.28. The van der Waals surface area contributed by atoms with E-state index in [4.69, 9.17) is 0 Å². The van der Waals surface area contributed by atoms with E-state index in [1.165, 1.54) is 54.6 Å². The van der Waals surface area contributed by atoms with Crippen molar-refractivity contribution in [2.24, 2.45) is 0 Å². The van der Waals surface area contributed by atoms with Crippen molar-refractivity contribution in [2.75, 3.05) is 0 Å². The number of rotatable bonds is 6. The van der Waals surface area contributed by atoms with Gasteiger partial charge in [0.1, 0.15) is 34.9 Å². The van der Waals surface area contributed by atoms with Gasteiger partial charge < -0.3 is 0 Å². The number of benzene rings is 6. The standard InChI is InChI=1S/C36H22F6Si/c37-28-9-4-10-29(38)34(28)23-15-19-26(20-16-23)43(25-7-2-1-3-8-25,36-32(41)13-6-14-33(36)42)27-21-17-24(18-22-27)35-30(39)11-5-12-31(35)40/h1-22H. The maximum Gasteiger partial charge on any atom is 0.186 e. The Hall–Kier alpha value is -4.88. The van der Waals surface area contributed by atoms with Crippen LogP contribution >= 0.6 is 0 Å². The van der Waals surface area contributed by atoms with Crippen molar-refractivity contribution in [1.82, 2.24) is 0 Å². The first-order valence-electron chi connectivity index (χ1n) is 13.4. The molecule has 0 radical (unpaired) electrons. The van der Waals surface area contributed by atoms with Crippen molar-refractivity contribution in [3.05, 3.63) is 168 Å². The molecule has 0 bridgehead atoms. The molecular formula is C36H22F6Si. The minimum absolute atomic E-state index is 0.143. The molecule has 43 heavy (non-hydrogen) atoms. The molecule has 0 N–H and O–H groups in total. The van der Waals surface area contributed by atoms with Crippen molar-refractivity contribution in [3.63, 3.8) is 0 Å². The molecule has 0 saturated carbocycles. The molecule has 0 aliphatic rings. The van der Waals surface area contributed by atoms with Crippen molar-refractivity contribution in [2.45, 2.75) is 0 Å². The summed E-state index contributed by atoms with van der Waals surface area (Å²) in [5.74, 6) is -4.48. The van der Waals surface area contributed by atoms with Crippen LogP contribution in [0.5, 0.6) is 0 Å². The quantitative estimate of drug-likeness (QED) is 0.108. The Morgan fingerprint density at radius 1 is 0.302 bits per heavy atom. The highest BCUT2D eigenvalue weighted by Gasteiger charge is 2.45. The summed E-state index contributed by atoms with van der Waals surface area (Å²) < 4.78 is 90.3. The lowest BCUT2D eigenvalue weighted by Gasteiger charge is -2.35. The third-order valence-corrected chi connectivity index (χ3v) is 12.5. The number of hydrogen-bond donors (Lipinski definition) is 0. The average molecular weight is 597 g/mol. The van der Waals surface area contributed by atoms with Crippen LogP contribution in [0.1, 0.15) is 0 Å². The lowest BCUT2D eigenvalue weighted by molar-refractivity contribution is 0.589. The fourth-order valence-electron chi connectivity index (χ4n) is 5.80. The molecule has 6 rings (SSSR count). The smallest absolute Gasteiger partial charge is 0.186 e. The second-order valence-corrected chi connectivity index (χ2v) is 13.8. The minimum Gasteiger partial charge on any atom is -0.207 e. The van der Waals surface area contributed by atoms with E-state index in [9.17, 15) is 17.6 Å². The van der Waals surface area contributed by atoms with E-state index in [-0.39, 0.29) is 27.4 Å². The monoisotopic (exact) mass is 596 g/mol. The fraction of sp³-hybridized carbons (Fsp3) is 0. The lowest BCUT2D eigenvalue weighted by Crippen LogP contribution is -2.76. The summed E-state index contributed by atoms with van der Waals surface area (Å²) in [5, 5.41) is 1.56. The molecule has 0 aromatic heterocycles. The van der Waals surface area contributed by atoms with Gasteiger partial charge in [0.2, 0.25) is 0 Å². The molecule has 0 spiro atoms. The van der Waals surface area contributed by atoms with Gasteiger partial charge in [-0.05, 0) is 63.1 Å². The first kappa shape index (κ1) is 28.2. The highest BCUT2D eigenvalue weighted by molar-refractivity contribution is 7.20. The number of halogens is 6. The topological polar surface area (TPSA) is 0 Å². The van der Waals surface area contributed by atoms with Crippen LogP contribution in [-0.2, 0) is 0 Å². The van der Waals surface area contributed by atoms with Crippen LogP contribution in [0, 0.1) is 34.9 Å². The third-order valence-electron chi connectivity index (χ3n) is 7.68. The van der Waals surface area contributed by atoms with Gasteiger partial charge in [-0.25, -0.2) is 26.3 Å². The largest absolute Gasteiger partial charge is 0.207 e. The van der Waals surface area contributed by atoms with Crippen LogP contribution in [0.4, 0.5) is 26.3 Å². The molecule has 0 fully saturated rings. The highest BCUT2D eigenvalue weighted by atomic mass is 28.3. The van der Waals surface area contributed by atoms with E-state index in [1.54, 1.807) is 54.6 Å². The van der Waals surface area contributed by atoms with Crippen molar-refractivity contribution in [1.29, 1.82) is 0 Å². The Bertz CT molecular complexity index is 1760. The Kier molecular flexibility index (Phi) is 7.50. The molecule has 0 unspecified atom stereocenters. The van der Waals surface area contributed by atoms with Gasteiger partial charge in [-0.2, -0.15) is 0 Å². The minimum atomic E-state index is -3.82. The zero-order valence-corrected chi connectivity index (χ0v) is 23.5. The summed E-state index contributed by atoms with van der Waals surface area (Å²) in [6.07, 6.45) is 0. The van der Waals surface area contributed by atoms with Crippen molar-refractivity contribution < 1.29 is 26.3 Å². The lowest BCUT2D eigenvalue weighted by atomic mass is 10.0. The first-order chi connectivity index (χ1) is 20.8. The first-order valence-corrected chi connectivity index (χ1v) is 15.4. The predicted octanol–water partition coefficient (Wildman–Crippen LogP) is 7.23. The van der Waals surface area contributed by atoms with Gasteiger partial charge in [0.15, 0.2) is 8.07 Å². The Morgan fingerprint density at radius 2 is 0.628 bits per heavy atom. The van der Waals surface area contributed by atoms with Gasteiger partial charge in [0, 0.05) is 5.19 Å². The van der Waals surface area contributed by atoms with E-state index in [0.29, 0.717) is 15.6 Å². The van der Waals surface area contributed by atoms with E-state index in [2.05, 4.69) is 0 Å². The Morgan fingerprint density at radius 3 is 1.00 bits per heavy atom. The van der Waals surface area contributed by atoms with Gasteiger partial charge in [0.25, 0.3) is 0 Å². The third kappa shape index (κ3) is 4.85. The molecule has 6 aromatic rings. The molecule has 0 saturated heterocycles. The van der Waals surface area contributed by atoms with Crippen LogP contribution < -0.4 is 20.7 Å². The Balaban J connectivity index is 1.64. The van der Waals surface area contributed by atoms with E-state index in [1.807, 2.05) is 0 Å². The Labute approximate surface area is 245 Å². The summed E-state index contributed by atoms with van der Waals surface area (Å²) in [5.41, 5.74) is 0.0909. The molecule has 0 atom stereocenters. The van der Waals surface area contributed by atoms with E-state index < -0.39 is 43.0 Å². The predicted molar refractivity (Wildman–Crippen MR) is 161 cm³/mol. The molecule has 212 valence electrons. The number of hydrogen-bond acceptors (Lipinski definition) is 0. The van der Waals surface area contributed by atoms with Crippen LogP contribution in [0.2, 0.25) is 0 Å². The SMILES string of the molecule is Fc1cccc(F)c1-c1ccc([Si](c2ccccc2)(c2ccc(-c3c(F)cccc3F)cc2)c2c(F)cccc2F)cc1. The van der Waals surface area contributed by atoms with Gasteiger partial charge >= 0.3 is 0 Å². The maximum atomic E-state index is 15.9. The summed E-state index contributed by atoms with van der Waals surface area (Å²) in [7, 11) is -3.82. The van der Waals surface area contributed by atoms with Crippen LogP contribution in [0.25, 0.3) is 22.3 Å². The molecule has 0 amide bonds.